The van der Waals surface area contributed by atoms with E-state index in [1.165, 1.54) is 18.5 Å². The van der Waals surface area contributed by atoms with E-state index in [0.717, 1.165) is 11.6 Å². The van der Waals surface area contributed by atoms with E-state index in [4.69, 9.17) is 4.42 Å². The van der Waals surface area contributed by atoms with Crippen LogP contribution in [0.15, 0.2) is 65.3 Å². The summed E-state index contributed by atoms with van der Waals surface area (Å²) in [5, 5.41) is 20.4. The lowest BCUT2D eigenvalue weighted by Gasteiger charge is -2.14. The van der Waals surface area contributed by atoms with Gasteiger partial charge in [0.15, 0.2) is 11.4 Å². The van der Waals surface area contributed by atoms with Crippen LogP contribution in [-0.2, 0) is 19.8 Å². The Morgan fingerprint density at radius 2 is 1.84 bits per heavy atom. The van der Waals surface area contributed by atoms with Crippen LogP contribution in [0.2, 0.25) is 0 Å². The van der Waals surface area contributed by atoms with E-state index >= 15 is 4.39 Å². The highest BCUT2D eigenvalue weighted by Crippen LogP contribution is 2.43. The van der Waals surface area contributed by atoms with Crippen LogP contribution in [0.5, 0.6) is 0 Å². The van der Waals surface area contributed by atoms with Crippen LogP contribution >= 0.6 is 0 Å². The summed E-state index contributed by atoms with van der Waals surface area (Å²) in [6.45, 7) is 1.82. The van der Waals surface area contributed by atoms with Gasteiger partial charge in [0, 0.05) is 25.7 Å². The number of rotatable bonds is 7. The number of aryl methyl sites for hydroxylation is 1. The number of aliphatic hydroxyl groups excluding tert-OH is 1. The maximum atomic E-state index is 15.5. The third-order valence-corrected chi connectivity index (χ3v) is 6.01. The van der Waals surface area contributed by atoms with Gasteiger partial charge in [-0.25, -0.2) is 9.37 Å². The molecule has 11 heteroatoms. The number of aliphatic hydroxyl groups is 1. The van der Waals surface area contributed by atoms with Crippen molar-refractivity contribution in [1.29, 1.82) is 0 Å². The lowest BCUT2D eigenvalue weighted by molar-refractivity contribution is -0.136. The van der Waals surface area contributed by atoms with Gasteiger partial charge in [-0.2, -0.15) is 13.2 Å². The fraction of sp³-hybridized carbons (Fsp3) is 0.222. The quantitative estimate of drug-likeness (QED) is 0.270. The van der Waals surface area contributed by atoms with Crippen molar-refractivity contribution < 1.29 is 27.1 Å². The normalized spacial score (nSPS) is 12.8. The lowest BCUT2D eigenvalue weighted by atomic mass is 9.94. The molecule has 1 atom stereocenters. The van der Waals surface area contributed by atoms with Crippen LogP contribution in [0.25, 0.3) is 45.1 Å². The molecule has 7 nitrogen and oxygen atoms in total. The third-order valence-electron chi connectivity index (χ3n) is 6.01. The summed E-state index contributed by atoms with van der Waals surface area (Å²) in [5.41, 5.74) is 0.178. The fourth-order valence-electron chi connectivity index (χ4n) is 4.32. The van der Waals surface area contributed by atoms with Gasteiger partial charge < -0.3 is 19.4 Å². The zero-order chi connectivity index (χ0) is 27.0. The average Bonchev–Trinajstić information content (AvgIpc) is 3.48. The molecule has 38 heavy (non-hydrogen) atoms. The maximum Gasteiger partial charge on any atom is 0.420 e. The van der Waals surface area contributed by atoms with Crippen molar-refractivity contribution in [3.05, 3.63) is 77.9 Å². The Morgan fingerprint density at radius 1 is 1.08 bits per heavy atom. The van der Waals surface area contributed by atoms with E-state index in [2.05, 4.69) is 20.5 Å². The van der Waals surface area contributed by atoms with Gasteiger partial charge in [0.2, 0.25) is 5.89 Å². The lowest BCUT2D eigenvalue weighted by Crippen LogP contribution is -2.24. The first kappa shape index (κ1) is 25.6. The van der Waals surface area contributed by atoms with Gasteiger partial charge >= 0.3 is 6.18 Å². The summed E-state index contributed by atoms with van der Waals surface area (Å²) in [7, 11) is 1.68. The number of oxazole rings is 1. The first-order valence-electron chi connectivity index (χ1n) is 11.8. The standard InChI is InChI=1S/C27H23F4N5O2/c1-15(37)12-32-13-16-10-19(27(29,30)31)24-21(11-16)34-26(38-24)23-20(28)9-8-18(17-6-4-3-5-7-17)22(23)25-35-33-14-36(25)2/h3-11,14-15,32,37H,12-13H2,1-2H3/t15-/m0/s1. The van der Waals surface area contributed by atoms with Crippen molar-refractivity contribution in [2.75, 3.05) is 6.54 Å². The smallest absolute Gasteiger partial charge is 0.420 e. The summed E-state index contributed by atoms with van der Waals surface area (Å²) in [5.74, 6) is -0.755. The number of hydrogen-bond donors (Lipinski definition) is 2. The molecule has 0 fully saturated rings. The molecule has 0 saturated carbocycles. The number of aromatic nitrogens is 4. The minimum Gasteiger partial charge on any atom is -0.435 e. The van der Waals surface area contributed by atoms with Gasteiger partial charge in [0.1, 0.15) is 23.2 Å². The van der Waals surface area contributed by atoms with E-state index in [9.17, 15) is 18.3 Å². The van der Waals surface area contributed by atoms with Gasteiger partial charge in [-0.3, -0.25) is 0 Å². The molecule has 0 saturated heterocycles. The SMILES string of the molecule is C[C@H](O)CNCc1cc(C(F)(F)F)c2oc(-c3c(F)ccc(-c4ccccc4)c3-c3nncn3C)nc2c1. The number of fused-ring (bicyclic) bond motifs is 1. The molecule has 0 unspecified atom stereocenters. The Labute approximate surface area is 214 Å². The molecular formula is C27H23F4N5O2. The molecule has 0 aliphatic rings. The van der Waals surface area contributed by atoms with Crippen LogP contribution in [0.1, 0.15) is 18.1 Å². The Bertz CT molecular complexity index is 1590. The molecule has 0 radical (unpaired) electrons. The molecule has 0 bridgehead atoms. The summed E-state index contributed by atoms with van der Waals surface area (Å²) in [6, 6.07) is 14.4. The summed E-state index contributed by atoms with van der Waals surface area (Å²) in [4.78, 5) is 4.32. The molecule has 5 rings (SSSR count). The van der Waals surface area contributed by atoms with Gasteiger partial charge in [-0.1, -0.05) is 36.4 Å². The van der Waals surface area contributed by atoms with Crippen molar-refractivity contribution in [3.8, 4) is 34.0 Å². The van der Waals surface area contributed by atoms with E-state index in [0.29, 0.717) is 11.4 Å². The highest BCUT2D eigenvalue weighted by atomic mass is 19.4. The van der Waals surface area contributed by atoms with E-state index in [1.54, 1.807) is 24.6 Å². The van der Waals surface area contributed by atoms with E-state index in [-0.39, 0.29) is 41.2 Å². The molecule has 0 aliphatic heterocycles. The minimum absolute atomic E-state index is 0.0636. The Hall–Kier alpha value is -4.09. The van der Waals surface area contributed by atoms with Gasteiger partial charge in [0.05, 0.1) is 11.7 Å². The second-order valence-corrected chi connectivity index (χ2v) is 8.96. The molecule has 0 amide bonds. The predicted octanol–water partition coefficient (Wildman–Crippen LogP) is 5.59. The molecule has 5 aromatic rings. The molecular weight excluding hydrogens is 502 g/mol. The first-order chi connectivity index (χ1) is 18.1. The molecule has 2 heterocycles. The van der Waals surface area contributed by atoms with Crippen LogP contribution in [-0.4, -0.2) is 37.5 Å². The Kier molecular flexibility index (Phi) is 6.72. The molecule has 0 spiro atoms. The number of alkyl halides is 3. The van der Waals surface area contributed by atoms with Gasteiger partial charge in [-0.15, -0.1) is 10.2 Å². The number of benzene rings is 3. The highest BCUT2D eigenvalue weighted by Gasteiger charge is 2.36. The second-order valence-electron chi connectivity index (χ2n) is 8.96. The predicted molar refractivity (Wildman–Crippen MR) is 133 cm³/mol. The van der Waals surface area contributed by atoms with Crippen molar-refractivity contribution in [3.63, 3.8) is 0 Å². The highest BCUT2D eigenvalue weighted by molar-refractivity contribution is 5.92. The zero-order valence-corrected chi connectivity index (χ0v) is 20.4. The molecule has 2 N–H and O–H groups in total. The summed E-state index contributed by atoms with van der Waals surface area (Å²) in [6.07, 6.45) is -3.97. The molecule has 0 aliphatic carbocycles. The summed E-state index contributed by atoms with van der Waals surface area (Å²) >= 11 is 0. The number of hydrogen-bond acceptors (Lipinski definition) is 6. The number of nitrogens with zero attached hydrogens (tertiary/aromatic N) is 4. The van der Waals surface area contributed by atoms with Crippen LogP contribution in [0.3, 0.4) is 0 Å². The molecule has 3 aromatic carbocycles. The fourth-order valence-corrected chi connectivity index (χ4v) is 4.32. The van der Waals surface area contributed by atoms with Crippen LogP contribution < -0.4 is 5.32 Å². The molecule has 196 valence electrons. The Balaban J connectivity index is 1.74. The second kappa shape index (κ2) is 9.99. The largest absolute Gasteiger partial charge is 0.435 e. The molecule has 2 aromatic heterocycles. The van der Waals surface area contributed by atoms with Gasteiger partial charge in [-0.05, 0) is 41.8 Å². The average molecular weight is 526 g/mol. The van der Waals surface area contributed by atoms with Crippen molar-refractivity contribution in [2.45, 2.75) is 25.7 Å². The zero-order valence-electron chi connectivity index (χ0n) is 20.4. The Morgan fingerprint density at radius 3 is 2.50 bits per heavy atom. The van der Waals surface area contributed by atoms with Crippen molar-refractivity contribution in [1.82, 2.24) is 25.1 Å². The van der Waals surface area contributed by atoms with E-state index < -0.39 is 29.2 Å². The number of nitrogens with one attached hydrogen (secondary N) is 1. The van der Waals surface area contributed by atoms with Crippen molar-refractivity contribution >= 4 is 11.1 Å². The van der Waals surface area contributed by atoms with Gasteiger partial charge in [0.25, 0.3) is 0 Å². The monoisotopic (exact) mass is 525 g/mol. The number of halogens is 4. The van der Waals surface area contributed by atoms with Crippen LogP contribution in [0.4, 0.5) is 17.6 Å². The third kappa shape index (κ3) is 4.90. The summed E-state index contributed by atoms with van der Waals surface area (Å²) < 4.78 is 64.9. The topological polar surface area (TPSA) is 89.0 Å². The maximum absolute atomic E-state index is 15.5. The first-order valence-corrected chi connectivity index (χ1v) is 11.8. The minimum atomic E-state index is -4.74. The van der Waals surface area contributed by atoms with Crippen molar-refractivity contribution in [2.24, 2.45) is 7.05 Å². The van der Waals surface area contributed by atoms with Crippen LogP contribution in [0, 0.1) is 5.82 Å². The van der Waals surface area contributed by atoms with E-state index in [1.807, 2.05) is 30.3 Å².